The van der Waals surface area contributed by atoms with Crippen LogP contribution in [0, 0.1) is 18.2 Å². The summed E-state index contributed by atoms with van der Waals surface area (Å²) in [4.78, 5) is 0. The molecule has 0 aromatic heterocycles. The van der Waals surface area contributed by atoms with Crippen LogP contribution in [0.5, 0.6) is 11.5 Å². The molecular formula is C14H13FN2O. The largest absolute Gasteiger partial charge is 0.454 e. The number of rotatable bonds is 3. The molecular weight excluding hydrogens is 231 g/mol. The van der Waals surface area contributed by atoms with Gasteiger partial charge in [-0.15, -0.1) is 0 Å². The number of nitrogens with one attached hydrogen (secondary N) is 1. The summed E-state index contributed by atoms with van der Waals surface area (Å²) in [6.07, 6.45) is 0. The molecule has 0 saturated carbocycles. The van der Waals surface area contributed by atoms with E-state index in [0.29, 0.717) is 11.3 Å². The lowest BCUT2D eigenvalue weighted by Crippen LogP contribution is -2.11. The Bertz CT molecular complexity index is 596. The maximum atomic E-state index is 13.8. The fraction of sp³-hybridized carbons (Fsp3) is 0.0714. The van der Waals surface area contributed by atoms with E-state index in [4.69, 9.17) is 15.9 Å². The van der Waals surface area contributed by atoms with Crippen molar-refractivity contribution in [2.45, 2.75) is 6.92 Å². The summed E-state index contributed by atoms with van der Waals surface area (Å²) >= 11 is 0. The summed E-state index contributed by atoms with van der Waals surface area (Å²) in [6.45, 7) is 1.89. The van der Waals surface area contributed by atoms with Crippen LogP contribution in [0.25, 0.3) is 0 Å². The number of nitrogens with two attached hydrogens (primary N) is 1. The van der Waals surface area contributed by atoms with E-state index in [1.54, 1.807) is 12.1 Å². The first-order valence-corrected chi connectivity index (χ1v) is 5.45. The number of halogens is 1. The third kappa shape index (κ3) is 2.48. The van der Waals surface area contributed by atoms with Gasteiger partial charge in [-0.2, -0.15) is 0 Å². The van der Waals surface area contributed by atoms with Crippen LogP contribution in [0.1, 0.15) is 11.1 Å². The monoisotopic (exact) mass is 244 g/mol. The van der Waals surface area contributed by atoms with Gasteiger partial charge < -0.3 is 10.5 Å². The number of ether oxygens (including phenoxy) is 1. The fourth-order valence-corrected chi connectivity index (χ4v) is 1.54. The van der Waals surface area contributed by atoms with Crippen molar-refractivity contribution in [1.82, 2.24) is 0 Å². The molecule has 18 heavy (non-hydrogen) atoms. The highest BCUT2D eigenvalue weighted by Crippen LogP contribution is 2.27. The van der Waals surface area contributed by atoms with Gasteiger partial charge in [0.15, 0.2) is 11.6 Å². The van der Waals surface area contributed by atoms with Crippen LogP contribution in [0.15, 0.2) is 42.5 Å². The van der Waals surface area contributed by atoms with Gasteiger partial charge in [-0.1, -0.05) is 18.2 Å². The SMILES string of the molecule is Cc1ccccc1Oc1ccc(C(=N)N)cc1F. The van der Waals surface area contributed by atoms with Crippen molar-refractivity contribution in [3.8, 4) is 11.5 Å². The molecule has 92 valence electrons. The molecule has 0 radical (unpaired) electrons. The smallest absolute Gasteiger partial charge is 0.166 e. The normalized spacial score (nSPS) is 10.1. The molecule has 0 unspecified atom stereocenters. The molecule has 0 spiro atoms. The zero-order chi connectivity index (χ0) is 13.1. The van der Waals surface area contributed by atoms with Crippen LogP contribution in [0.3, 0.4) is 0 Å². The molecule has 2 rings (SSSR count). The van der Waals surface area contributed by atoms with E-state index in [1.807, 2.05) is 25.1 Å². The van der Waals surface area contributed by atoms with Crippen LogP contribution < -0.4 is 10.5 Å². The van der Waals surface area contributed by atoms with Crippen molar-refractivity contribution in [3.05, 3.63) is 59.4 Å². The molecule has 0 saturated heterocycles. The minimum atomic E-state index is -0.536. The summed E-state index contributed by atoms with van der Waals surface area (Å²) in [5.74, 6) is 0.0172. The van der Waals surface area contributed by atoms with Gasteiger partial charge in [0.2, 0.25) is 0 Å². The topological polar surface area (TPSA) is 59.1 Å². The second-order valence-electron chi connectivity index (χ2n) is 3.93. The highest BCUT2D eigenvalue weighted by molar-refractivity contribution is 5.95. The average molecular weight is 244 g/mol. The first-order chi connectivity index (χ1) is 8.58. The van der Waals surface area contributed by atoms with Crippen molar-refractivity contribution >= 4 is 5.84 Å². The predicted molar refractivity (Wildman–Crippen MR) is 68.7 cm³/mol. The third-order valence-corrected chi connectivity index (χ3v) is 2.56. The quantitative estimate of drug-likeness (QED) is 0.643. The summed E-state index contributed by atoms with van der Waals surface area (Å²) in [6, 6.07) is 11.6. The summed E-state index contributed by atoms with van der Waals surface area (Å²) in [5, 5.41) is 7.23. The van der Waals surface area contributed by atoms with Crippen molar-refractivity contribution in [2.75, 3.05) is 0 Å². The lowest BCUT2D eigenvalue weighted by Gasteiger charge is -2.09. The second-order valence-corrected chi connectivity index (χ2v) is 3.93. The van der Waals surface area contributed by atoms with Crippen LogP contribution in [0.2, 0.25) is 0 Å². The van der Waals surface area contributed by atoms with E-state index in [0.717, 1.165) is 5.56 Å². The van der Waals surface area contributed by atoms with Gasteiger partial charge in [-0.3, -0.25) is 5.41 Å². The first-order valence-electron chi connectivity index (χ1n) is 5.45. The molecule has 0 aliphatic heterocycles. The fourth-order valence-electron chi connectivity index (χ4n) is 1.54. The summed E-state index contributed by atoms with van der Waals surface area (Å²) in [7, 11) is 0. The number of hydrogen-bond donors (Lipinski definition) is 2. The van der Waals surface area contributed by atoms with E-state index >= 15 is 0 Å². The maximum Gasteiger partial charge on any atom is 0.166 e. The van der Waals surface area contributed by atoms with Crippen LogP contribution in [-0.2, 0) is 0 Å². The Kier molecular flexibility index (Phi) is 3.28. The van der Waals surface area contributed by atoms with Crippen molar-refractivity contribution in [2.24, 2.45) is 5.73 Å². The first kappa shape index (κ1) is 12.1. The van der Waals surface area contributed by atoms with E-state index < -0.39 is 5.82 Å². The molecule has 0 heterocycles. The summed E-state index contributed by atoms with van der Waals surface area (Å²) < 4.78 is 19.2. The minimum absolute atomic E-state index is 0.120. The molecule has 0 aliphatic rings. The van der Waals surface area contributed by atoms with Gasteiger partial charge in [0.1, 0.15) is 11.6 Å². The van der Waals surface area contributed by atoms with Gasteiger partial charge in [-0.05, 0) is 36.8 Å². The molecule has 2 aromatic rings. The maximum absolute atomic E-state index is 13.8. The van der Waals surface area contributed by atoms with Crippen molar-refractivity contribution < 1.29 is 9.13 Å². The zero-order valence-corrected chi connectivity index (χ0v) is 9.91. The van der Waals surface area contributed by atoms with Crippen LogP contribution >= 0.6 is 0 Å². The van der Waals surface area contributed by atoms with Crippen LogP contribution in [-0.4, -0.2) is 5.84 Å². The highest BCUT2D eigenvalue weighted by Gasteiger charge is 2.08. The van der Waals surface area contributed by atoms with E-state index in [1.165, 1.54) is 12.1 Å². The number of nitrogen functional groups attached to an aromatic ring is 1. The lowest BCUT2D eigenvalue weighted by molar-refractivity contribution is 0.439. The lowest BCUT2D eigenvalue weighted by atomic mass is 10.2. The molecule has 0 bridgehead atoms. The molecule has 0 atom stereocenters. The average Bonchev–Trinajstić information content (AvgIpc) is 2.34. The Morgan fingerprint density at radius 2 is 1.89 bits per heavy atom. The van der Waals surface area contributed by atoms with Gasteiger partial charge >= 0.3 is 0 Å². The number of para-hydroxylation sites is 1. The standard InChI is InChI=1S/C14H13FN2O/c1-9-4-2-3-5-12(9)18-13-7-6-10(14(16)17)8-11(13)15/h2-8H,1H3,(H3,16,17). The van der Waals surface area contributed by atoms with Crippen LogP contribution in [0.4, 0.5) is 4.39 Å². The van der Waals surface area contributed by atoms with E-state index in [9.17, 15) is 4.39 Å². The number of hydrogen-bond acceptors (Lipinski definition) is 2. The molecule has 0 fully saturated rings. The second kappa shape index (κ2) is 4.87. The Morgan fingerprint density at radius 3 is 2.50 bits per heavy atom. The zero-order valence-electron chi connectivity index (χ0n) is 9.91. The van der Waals surface area contributed by atoms with E-state index in [-0.39, 0.29) is 11.6 Å². The van der Waals surface area contributed by atoms with Gasteiger partial charge in [0.25, 0.3) is 0 Å². The highest BCUT2D eigenvalue weighted by atomic mass is 19.1. The summed E-state index contributed by atoms with van der Waals surface area (Å²) in [5.41, 5.74) is 6.55. The third-order valence-electron chi connectivity index (χ3n) is 2.56. The molecule has 0 amide bonds. The Balaban J connectivity index is 2.30. The molecule has 3 N–H and O–H groups in total. The van der Waals surface area contributed by atoms with Crippen molar-refractivity contribution in [3.63, 3.8) is 0 Å². The van der Waals surface area contributed by atoms with Gasteiger partial charge in [0.05, 0.1) is 0 Å². The van der Waals surface area contributed by atoms with Gasteiger partial charge in [0, 0.05) is 5.56 Å². The Hall–Kier alpha value is -2.36. The number of aryl methyl sites for hydroxylation is 1. The number of benzene rings is 2. The Morgan fingerprint density at radius 1 is 1.17 bits per heavy atom. The van der Waals surface area contributed by atoms with E-state index in [2.05, 4.69) is 0 Å². The Labute approximate surface area is 105 Å². The number of amidine groups is 1. The predicted octanol–water partition coefficient (Wildman–Crippen LogP) is 3.21. The molecule has 3 nitrogen and oxygen atoms in total. The molecule has 4 heteroatoms. The molecule has 0 aliphatic carbocycles. The van der Waals surface area contributed by atoms with Gasteiger partial charge in [-0.25, -0.2) is 4.39 Å². The van der Waals surface area contributed by atoms with Crippen molar-refractivity contribution in [1.29, 1.82) is 5.41 Å². The minimum Gasteiger partial charge on any atom is -0.454 e. The molecule has 2 aromatic carbocycles.